The third-order valence-electron chi connectivity index (χ3n) is 2.08. The van der Waals surface area contributed by atoms with E-state index in [9.17, 15) is 4.79 Å². The van der Waals surface area contributed by atoms with Crippen molar-refractivity contribution in [1.29, 1.82) is 0 Å². The van der Waals surface area contributed by atoms with Crippen molar-refractivity contribution < 1.29 is 9.53 Å². The average Bonchev–Trinajstić information content (AvgIpc) is 2.62. The van der Waals surface area contributed by atoms with Crippen LogP contribution in [-0.4, -0.2) is 10.5 Å². The highest BCUT2D eigenvalue weighted by Crippen LogP contribution is 2.12. The minimum atomic E-state index is -0.139. The smallest absolute Gasteiger partial charge is 0.312 e. The van der Waals surface area contributed by atoms with Crippen molar-refractivity contribution in [3.8, 4) is 5.88 Å². The van der Waals surface area contributed by atoms with Crippen LogP contribution in [0.15, 0.2) is 18.3 Å². The minimum Gasteiger partial charge on any atom is -0.409 e. The van der Waals surface area contributed by atoms with Crippen molar-refractivity contribution in [2.75, 3.05) is 0 Å². The Hall–Kier alpha value is -1.25. The maximum absolute atomic E-state index is 11.3. The second-order valence-corrected chi connectivity index (χ2v) is 3.21. The lowest BCUT2D eigenvalue weighted by Gasteiger charge is -2.06. The Morgan fingerprint density at radius 1 is 1.50 bits per heavy atom. The molecule has 0 aliphatic heterocycles. The molecule has 0 bridgehead atoms. The summed E-state index contributed by atoms with van der Waals surface area (Å²) in [6.07, 6.45) is 4.32. The molecule has 0 aliphatic rings. The lowest BCUT2D eigenvalue weighted by atomic mass is 10.2. The van der Waals surface area contributed by atoms with Gasteiger partial charge in [-0.25, -0.2) is 0 Å². The average molecular weight is 195 g/mol. The zero-order valence-corrected chi connectivity index (χ0v) is 8.82. The van der Waals surface area contributed by atoms with Gasteiger partial charge in [-0.05, 0) is 19.4 Å². The van der Waals surface area contributed by atoms with Crippen LogP contribution in [0.2, 0.25) is 0 Å². The lowest BCUT2D eigenvalue weighted by Crippen LogP contribution is -2.10. The Balaban J connectivity index is 2.47. The highest BCUT2D eigenvalue weighted by Gasteiger charge is 2.06. The van der Waals surface area contributed by atoms with Crippen LogP contribution in [0.25, 0.3) is 0 Å². The van der Waals surface area contributed by atoms with Crippen LogP contribution in [0.1, 0.15) is 33.1 Å². The van der Waals surface area contributed by atoms with Gasteiger partial charge in [0, 0.05) is 25.2 Å². The van der Waals surface area contributed by atoms with E-state index in [4.69, 9.17) is 4.74 Å². The fourth-order valence-corrected chi connectivity index (χ4v) is 1.24. The highest BCUT2D eigenvalue weighted by molar-refractivity contribution is 5.71. The number of esters is 1. The molecule has 0 atom stereocenters. The SMILES string of the molecule is CCCCC(=O)Oc1cccn1CC. The highest BCUT2D eigenvalue weighted by atomic mass is 16.5. The molecule has 0 spiro atoms. The number of hydrogen-bond acceptors (Lipinski definition) is 2. The minimum absolute atomic E-state index is 0.139. The van der Waals surface area contributed by atoms with E-state index in [0.29, 0.717) is 12.3 Å². The number of nitrogens with zero attached hydrogens (tertiary/aromatic N) is 1. The molecule has 0 saturated carbocycles. The number of unbranched alkanes of at least 4 members (excludes halogenated alkanes) is 1. The van der Waals surface area contributed by atoms with Crippen LogP contribution in [-0.2, 0) is 11.3 Å². The standard InChI is InChI=1S/C11H17NO2/c1-3-5-8-11(13)14-10-7-6-9-12(10)4-2/h6-7,9H,3-5,8H2,1-2H3. The number of ether oxygens (including phenoxy) is 1. The first kappa shape index (κ1) is 10.8. The van der Waals surface area contributed by atoms with E-state index in [1.165, 1.54) is 0 Å². The number of aromatic nitrogens is 1. The fourth-order valence-electron chi connectivity index (χ4n) is 1.24. The summed E-state index contributed by atoms with van der Waals surface area (Å²) in [4.78, 5) is 11.3. The Morgan fingerprint density at radius 3 is 2.93 bits per heavy atom. The van der Waals surface area contributed by atoms with E-state index in [0.717, 1.165) is 19.4 Å². The van der Waals surface area contributed by atoms with E-state index in [2.05, 4.69) is 6.92 Å². The molecule has 0 aliphatic carbocycles. The molecular formula is C11H17NO2. The molecule has 78 valence electrons. The van der Waals surface area contributed by atoms with Crippen LogP contribution < -0.4 is 4.74 Å². The van der Waals surface area contributed by atoms with Gasteiger partial charge in [0.15, 0.2) is 0 Å². The quantitative estimate of drug-likeness (QED) is 0.676. The van der Waals surface area contributed by atoms with Crippen LogP contribution >= 0.6 is 0 Å². The molecule has 3 nitrogen and oxygen atoms in total. The fraction of sp³-hybridized carbons (Fsp3) is 0.545. The molecule has 1 aromatic rings. The van der Waals surface area contributed by atoms with Gasteiger partial charge in [-0.2, -0.15) is 0 Å². The summed E-state index contributed by atoms with van der Waals surface area (Å²) >= 11 is 0. The topological polar surface area (TPSA) is 31.2 Å². The van der Waals surface area contributed by atoms with Gasteiger partial charge in [0.2, 0.25) is 5.88 Å². The predicted octanol–water partition coefficient (Wildman–Crippen LogP) is 2.60. The molecule has 0 unspecified atom stereocenters. The molecule has 1 aromatic heterocycles. The van der Waals surface area contributed by atoms with Gasteiger partial charge >= 0.3 is 5.97 Å². The van der Waals surface area contributed by atoms with Crippen molar-refractivity contribution in [3.05, 3.63) is 18.3 Å². The molecule has 0 aromatic carbocycles. The van der Waals surface area contributed by atoms with Crippen molar-refractivity contribution in [2.24, 2.45) is 0 Å². The summed E-state index contributed by atoms with van der Waals surface area (Å²) in [5.74, 6) is 0.508. The summed E-state index contributed by atoms with van der Waals surface area (Å²) in [5.41, 5.74) is 0. The first-order chi connectivity index (χ1) is 6.77. The van der Waals surface area contributed by atoms with Crippen LogP contribution in [0, 0.1) is 0 Å². The molecule has 14 heavy (non-hydrogen) atoms. The monoisotopic (exact) mass is 195 g/mol. The summed E-state index contributed by atoms with van der Waals surface area (Å²) in [6, 6.07) is 3.69. The molecule has 1 heterocycles. The number of rotatable bonds is 5. The maximum Gasteiger partial charge on any atom is 0.312 e. The van der Waals surface area contributed by atoms with Crippen molar-refractivity contribution in [2.45, 2.75) is 39.7 Å². The van der Waals surface area contributed by atoms with Crippen LogP contribution in [0.3, 0.4) is 0 Å². The number of hydrogen-bond donors (Lipinski definition) is 0. The number of aryl methyl sites for hydroxylation is 1. The first-order valence-corrected chi connectivity index (χ1v) is 5.13. The normalized spacial score (nSPS) is 10.1. The van der Waals surface area contributed by atoms with Crippen molar-refractivity contribution >= 4 is 5.97 Å². The zero-order chi connectivity index (χ0) is 10.4. The van der Waals surface area contributed by atoms with Gasteiger partial charge in [-0.1, -0.05) is 13.3 Å². The Bertz CT molecular complexity index is 291. The van der Waals surface area contributed by atoms with Gasteiger partial charge in [-0.15, -0.1) is 0 Å². The largest absolute Gasteiger partial charge is 0.409 e. The molecule has 1 rings (SSSR count). The van der Waals surface area contributed by atoms with Gasteiger partial charge in [-0.3, -0.25) is 4.79 Å². The van der Waals surface area contributed by atoms with E-state index in [1.807, 2.05) is 29.8 Å². The molecule has 3 heteroatoms. The second-order valence-electron chi connectivity index (χ2n) is 3.21. The Morgan fingerprint density at radius 2 is 2.29 bits per heavy atom. The van der Waals surface area contributed by atoms with E-state index >= 15 is 0 Å². The summed E-state index contributed by atoms with van der Waals surface area (Å²) < 4.78 is 7.11. The zero-order valence-electron chi connectivity index (χ0n) is 8.82. The van der Waals surface area contributed by atoms with Crippen LogP contribution in [0.4, 0.5) is 0 Å². The van der Waals surface area contributed by atoms with Gasteiger partial charge in [0.1, 0.15) is 0 Å². The molecule has 0 fully saturated rings. The third-order valence-corrected chi connectivity index (χ3v) is 2.08. The van der Waals surface area contributed by atoms with Gasteiger partial charge < -0.3 is 9.30 Å². The molecule has 0 N–H and O–H groups in total. The second kappa shape index (κ2) is 5.47. The molecule has 0 saturated heterocycles. The van der Waals surface area contributed by atoms with Gasteiger partial charge in [0.25, 0.3) is 0 Å². The Kier molecular flexibility index (Phi) is 4.23. The third kappa shape index (κ3) is 2.91. The molecule has 0 radical (unpaired) electrons. The molecular weight excluding hydrogens is 178 g/mol. The Labute approximate surface area is 84.7 Å². The lowest BCUT2D eigenvalue weighted by molar-refractivity contribution is -0.134. The van der Waals surface area contributed by atoms with E-state index < -0.39 is 0 Å². The number of carbonyl (C=O) groups excluding carboxylic acids is 1. The summed E-state index contributed by atoms with van der Waals surface area (Å²) in [5, 5.41) is 0. The van der Waals surface area contributed by atoms with E-state index in [-0.39, 0.29) is 5.97 Å². The van der Waals surface area contributed by atoms with Crippen molar-refractivity contribution in [1.82, 2.24) is 4.57 Å². The summed E-state index contributed by atoms with van der Waals surface area (Å²) in [6.45, 7) is 4.90. The van der Waals surface area contributed by atoms with Gasteiger partial charge in [0.05, 0.1) is 0 Å². The maximum atomic E-state index is 11.3. The van der Waals surface area contributed by atoms with Crippen LogP contribution in [0.5, 0.6) is 5.88 Å². The van der Waals surface area contributed by atoms with Crippen molar-refractivity contribution in [3.63, 3.8) is 0 Å². The summed E-state index contributed by atoms with van der Waals surface area (Å²) in [7, 11) is 0. The molecule has 0 amide bonds. The van der Waals surface area contributed by atoms with E-state index in [1.54, 1.807) is 0 Å². The first-order valence-electron chi connectivity index (χ1n) is 5.13. The predicted molar refractivity (Wildman–Crippen MR) is 55.3 cm³/mol. The number of carbonyl (C=O) groups is 1.